The molecule has 2 aromatic rings. The molecule has 0 aliphatic carbocycles. The minimum atomic E-state index is -1.06. The predicted octanol–water partition coefficient (Wildman–Crippen LogP) is 2.14. The van der Waals surface area contributed by atoms with E-state index in [4.69, 9.17) is 14.3 Å². The number of carbonyl (C=O) groups is 2. The largest absolute Gasteiger partial charge is 0.493 e. The lowest BCUT2D eigenvalue weighted by Crippen LogP contribution is -2.33. The average Bonchev–Trinajstić information content (AvgIpc) is 3.22. The Hall–Kier alpha value is -3.42. The van der Waals surface area contributed by atoms with Crippen LogP contribution in [0.5, 0.6) is 11.5 Å². The Kier molecular flexibility index (Phi) is 4.02. The molecule has 8 heteroatoms. The summed E-state index contributed by atoms with van der Waals surface area (Å²) in [4.78, 5) is 32.0. The van der Waals surface area contributed by atoms with Crippen molar-refractivity contribution in [2.75, 3.05) is 19.1 Å². The molecule has 4 rings (SSSR count). The normalized spacial score (nSPS) is 21.0. The van der Waals surface area contributed by atoms with Gasteiger partial charge in [-0.25, -0.2) is 9.29 Å². The number of oxime groups is 1. The third-order valence-electron chi connectivity index (χ3n) is 4.58. The van der Waals surface area contributed by atoms with E-state index in [1.165, 1.54) is 38.5 Å². The van der Waals surface area contributed by atoms with E-state index < -0.39 is 29.7 Å². The number of amides is 2. The SMILES string of the molecule is COc1cccc(C2=NO[C@@H]3C(=O)N(c4ccc(F)cc4)C(=O)[C@H]23)c1OC. The van der Waals surface area contributed by atoms with Gasteiger partial charge in [-0.15, -0.1) is 0 Å². The molecule has 0 N–H and O–H groups in total. The van der Waals surface area contributed by atoms with Gasteiger partial charge in [0.25, 0.3) is 5.91 Å². The highest BCUT2D eigenvalue weighted by Crippen LogP contribution is 2.39. The molecule has 1 fully saturated rings. The Bertz CT molecular complexity index is 957. The summed E-state index contributed by atoms with van der Waals surface area (Å²) in [6.45, 7) is 0. The van der Waals surface area contributed by atoms with E-state index in [0.29, 0.717) is 22.8 Å². The van der Waals surface area contributed by atoms with Crippen molar-refractivity contribution in [1.82, 2.24) is 0 Å². The highest BCUT2D eigenvalue weighted by atomic mass is 19.1. The zero-order chi connectivity index (χ0) is 19.1. The summed E-state index contributed by atoms with van der Waals surface area (Å²) in [5.74, 6) is -1.55. The van der Waals surface area contributed by atoms with Crippen LogP contribution in [0.25, 0.3) is 0 Å². The molecule has 0 radical (unpaired) electrons. The van der Waals surface area contributed by atoms with Gasteiger partial charge in [0, 0.05) is 5.56 Å². The van der Waals surface area contributed by atoms with Crippen molar-refractivity contribution >= 4 is 23.2 Å². The van der Waals surface area contributed by atoms with Crippen LogP contribution in [0.4, 0.5) is 10.1 Å². The van der Waals surface area contributed by atoms with Crippen molar-refractivity contribution in [3.05, 3.63) is 53.8 Å². The van der Waals surface area contributed by atoms with Gasteiger partial charge in [-0.3, -0.25) is 9.59 Å². The van der Waals surface area contributed by atoms with Crippen molar-refractivity contribution in [1.29, 1.82) is 0 Å². The van der Waals surface area contributed by atoms with E-state index in [-0.39, 0.29) is 5.69 Å². The molecule has 0 bridgehead atoms. The molecule has 138 valence electrons. The molecule has 2 aliphatic rings. The van der Waals surface area contributed by atoms with Gasteiger partial charge in [0.15, 0.2) is 11.5 Å². The van der Waals surface area contributed by atoms with E-state index in [1.807, 2.05) is 0 Å². The molecule has 2 aromatic carbocycles. The highest BCUT2D eigenvalue weighted by Gasteiger charge is 2.56. The number of benzene rings is 2. The highest BCUT2D eigenvalue weighted by molar-refractivity contribution is 6.32. The number of hydrogen-bond donors (Lipinski definition) is 0. The van der Waals surface area contributed by atoms with Gasteiger partial charge in [0.2, 0.25) is 12.0 Å². The topological polar surface area (TPSA) is 77.4 Å². The van der Waals surface area contributed by atoms with E-state index in [1.54, 1.807) is 18.2 Å². The third-order valence-corrected chi connectivity index (χ3v) is 4.58. The number of rotatable bonds is 4. The maximum atomic E-state index is 13.2. The fourth-order valence-electron chi connectivity index (χ4n) is 3.33. The lowest BCUT2D eigenvalue weighted by atomic mass is 9.93. The van der Waals surface area contributed by atoms with Crippen molar-refractivity contribution in [3.63, 3.8) is 0 Å². The van der Waals surface area contributed by atoms with Gasteiger partial charge in [0.1, 0.15) is 17.4 Å². The molecule has 0 unspecified atom stereocenters. The second kappa shape index (κ2) is 6.39. The van der Waals surface area contributed by atoms with Crippen molar-refractivity contribution in [2.45, 2.75) is 6.10 Å². The summed E-state index contributed by atoms with van der Waals surface area (Å²) >= 11 is 0. The summed E-state index contributed by atoms with van der Waals surface area (Å²) in [6.07, 6.45) is -1.06. The Balaban J connectivity index is 1.74. The maximum absolute atomic E-state index is 13.2. The third kappa shape index (κ3) is 2.52. The Morgan fingerprint density at radius 1 is 1.04 bits per heavy atom. The maximum Gasteiger partial charge on any atom is 0.278 e. The molecule has 27 heavy (non-hydrogen) atoms. The Morgan fingerprint density at radius 2 is 1.78 bits per heavy atom. The molecule has 2 aliphatic heterocycles. The number of fused-ring (bicyclic) bond motifs is 1. The number of nitrogens with zero attached hydrogens (tertiary/aromatic N) is 2. The minimum Gasteiger partial charge on any atom is -0.493 e. The molecular weight excluding hydrogens is 355 g/mol. The van der Waals surface area contributed by atoms with E-state index in [0.717, 1.165) is 4.90 Å². The molecule has 2 amide bonds. The van der Waals surface area contributed by atoms with Crippen LogP contribution in [0, 0.1) is 11.7 Å². The van der Waals surface area contributed by atoms with Crippen LogP contribution in [0.15, 0.2) is 47.6 Å². The second-order valence-corrected chi connectivity index (χ2v) is 6.01. The number of hydrogen-bond acceptors (Lipinski definition) is 6. The average molecular weight is 370 g/mol. The summed E-state index contributed by atoms with van der Waals surface area (Å²) < 4.78 is 23.9. The van der Waals surface area contributed by atoms with Crippen molar-refractivity contribution < 1.29 is 28.3 Å². The van der Waals surface area contributed by atoms with Crippen LogP contribution in [0.2, 0.25) is 0 Å². The molecule has 1 saturated heterocycles. The minimum absolute atomic E-state index is 0.279. The van der Waals surface area contributed by atoms with Crippen LogP contribution in [-0.4, -0.2) is 37.8 Å². The van der Waals surface area contributed by atoms with E-state index in [9.17, 15) is 14.0 Å². The summed E-state index contributed by atoms with van der Waals surface area (Å²) in [6, 6.07) is 10.3. The standard InChI is InChI=1S/C19H15FN2O5/c1-25-13-5-3-4-12(16(13)26-2)15-14-17(27-21-15)19(24)22(18(14)23)11-8-6-10(20)7-9-11/h3-9,14,17H,1-2H3/t14-,17+/m1/s1. The molecular formula is C19H15FN2O5. The Labute approximate surface area is 153 Å². The number of halogens is 1. The van der Waals surface area contributed by atoms with Gasteiger partial charge in [-0.2, -0.15) is 0 Å². The van der Waals surface area contributed by atoms with Crippen molar-refractivity contribution in [2.24, 2.45) is 11.1 Å². The molecule has 0 spiro atoms. The lowest BCUT2D eigenvalue weighted by molar-refractivity contribution is -0.126. The smallest absolute Gasteiger partial charge is 0.278 e. The number of carbonyl (C=O) groups excluding carboxylic acids is 2. The molecule has 0 aromatic heterocycles. The monoisotopic (exact) mass is 370 g/mol. The van der Waals surface area contributed by atoms with Crippen LogP contribution in [0.3, 0.4) is 0 Å². The van der Waals surface area contributed by atoms with Gasteiger partial charge in [0.05, 0.1) is 19.9 Å². The molecule has 2 atom stereocenters. The lowest BCUT2D eigenvalue weighted by Gasteiger charge is -2.16. The molecule has 2 heterocycles. The fourth-order valence-corrected chi connectivity index (χ4v) is 3.33. The Morgan fingerprint density at radius 3 is 2.44 bits per heavy atom. The van der Waals surface area contributed by atoms with Crippen LogP contribution in [0.1, 0.15) is 5.56 Å². The second-order valence-electron chi connectivity index (χ2n) is 6.01. The predicted molar refractivity (Wildman–Crippen MR) is 93.3 cm³/mol. The number of ether oxygens (including phenoxy) is 2. The summed E-state index contributed by atoms with van der Waals surface area (Å²) in [5, 5.41) is 3.97. The van der Waals surface area contributed by atoms with E-state index in [2.05, 4.69) is 5.16 Å². The quantitative estimate of drug-likeness (QED) is 0.771. The van der Waals surface area contributed by atoms with Gasteiger partial charge in [-0.1, -0.05) is 11.2 Å². The van der Waals surface area contributed by atoms with E-state index >= 15 is 0 Å². The molecule has 7 nitrogen and oxygen atoms in total. The first kappa shape index (κ1) is 17.0. The number of para-hydroxylation sites is 1. The first-order chi connectivity index (χ1) is 13.1. The molecule has 0 saturated carbocycles. The summed E-state index contributed by atoms with van der Waals surface area (Å²) in [7, 11) is 2.97. The zero-order valence-electron chi connectivity index (χ0n) is 14.5. The number of anilines is 1. The van der Waals surface area contributed by atoms with Crippen LogP contribution in [-0.2, 0) is 14.4 Å². The van der Waals surface area contributed by atoms with Crippen LogP contribution >= 0.6 is 0 Å². The first-order valence-corrected chi connectivity index (χ1v) is 8.15. The zero-order valence-corrected chi connectivity index (χ0v) is 14.5. The number of methoxy groups -OCH3 is 2. The first-order valence-electron chi connectivity index (χ1n) is 8.15. The van der Waals surface area contributed by atoms with Gasteiger partial charge in [-0.05, 0) is 36.4 Å². The van der Waals surface area contributed by atoms with Gasteiger partial charge >= 0.3 is 0 Å². The van der Waals surface area contributed by atoms with Crippen LogP contribution < -0.4 is 14.4 Å². The number of imide groups is 1. The van der Waals surface area contributed by atoms with Crippen molar-refractivity contribution in [3.8, 4) is 11.5 Å². The fraction of sp³-hybridized carbons (Fsp3) is 0.211. The summed E-state index contributed by atoms with van der Waals surface area (Å²) in [5.41, 5.74) is 1.08. The van der Waals surface area contributed by atoms with Gasteiger partial charge < -0.3 is 14.3 Å².